The molecule has 0 spiro atoms. The number of carbonyl (C=O) groups is 3. The zero-order valence-corrected chi connectivity index (χ0v) is 12.5. The number of nitrogens with zero attached hydrogens (tertiary/aromatic N) is 1. The normalized spacial score (nSPS) is 21.4. The molecule has 2 aliphatic rings. The predicted molar refractivity (Wildman–Crippen MR) is 76.5 cm³/mol. The molecule has 22 heavy (non-hydrogen) atoms. The van der Waals surface area contributed by atoms with Crippen LogP contribution in [0.25, 0.3) is 0 Å². The molecule has 1 fully saturated rings. The van der Waals surface area contributed by atoms with Crippen LogP contribution in [0.2, 0.25) is 0 Å². The second kappa shape index (κ2) is 5.19. The topological polar surface area (TPSA) is 66.5 Å². The van der Waals surface area contributed by atoms with Crippen LogP contribution < -0.4 is 5.32 Å². The lowest BCUT2D eigenvalue weighted by molar-refractivity contribution is -0.136. The Bertz CT molecular complexity index is 684. The Labute approximate surface area is 127 Å². The highest BCUT2D eigenvalue weighted by molar-refractivity contribution is 6.05. The Morgan fingerprint density at radius 3 is 2.64 bits per heavy atom. The maximum atomic E-state index is 14.1. The number of fused-ring (bicyclic) bond motifs is 1. The number of hydrogen-bond acceptors (Lipinski definition) is 3. The van der Waals surface area contributed by atoms with E-state index in [1.54, 1.807) is 6.07 Å². The first-order valence-electron chi connectivity index (χ1n) is 7.35. The summed E-state index contributed by atoms with van der Waals surface area (Å²) in [5, 5.41) is 2.25. The SMILES string of the molecule is CC(C)c1cc2c(cc1F)C(=O)N([C@H]1CCC(=O)NC1=O)C2. The van der Waals surface area contributed by atoms with Gasteiger partial charge in [-0.25, -0.2) is 4.39 Å². The summed E-state index contributed by atoms with van der Waals surface area (Å²) in [7, 11) is 0. The van der Waals surface area contributed by atoms with Gasteiger partial charge in [-0.1, -0.05) is 19.9 Å². The van der Waals surface area contributed by atoms with Gasteiger partial charge in [0.15, 0.2) is 0 Å². The quantitative estimate of drug-likeness (QED) is 0.846. The van der Waals surface area contributed by atoms with Gasteiger partial charge < -0.3 is 4.90 Å². The first kappa shape index (κ1) is 14.7. The van der Waals surface area contributed by atoms with Gasteiger partial charge in [-0.05, 0) is 29.5 Å². The summed E-state index contributed by atoms with van der Waals surface area (Å²) in [6.07, 6.45) is 0.520. The number of hydrogen-bond donors (Lipinski definition) is 1. The highest BCUT2D eigenvalue weighted by Crippen LogP contribution is 2.31. The summed E-state index contributed by atoms with van der Waals surface area (Å²) in [6.45, 7) is 4.06. The molecule has 0 unspecified atom stereocenters. The van der Waals surface area contributed by atoms with Crippen molar-refractivity contribution in [3.63, 3.8) is 0 Å². The molecule has 6 heteroatoms. The van der Waals surface area contributed by atoms with E-state index in [9.17, 15) is 18.8 Å². The van der Waals surface area contributed by atoms with E-state index in [-0.39, 0.29) is 30.7 Å². The molecule has 1 atom stereocenters. The molecule has 5 nitrogen and oxygen atoms in total. The lowest BCUT2D eigenvalue weighted by Crippen LogP contribution is -2.52. The van der Waals surface area contributed by atoms with Crippen LogP contribution in [0.1, 0.15) is 54.1 Å². The first-order chi connectivity index (χ1) is 10.4. The van der Waals surface area contributed by atoms with Gasteiger partial charge in [-0.3, -0.25) is 19.7 Å². The van der Waals surface area contributed by atoms with Crippen molar-refractivity contribution in [3.05, 3.63) is 34.6 Å². The molecule has 0 aromatic heterocycles. The summed E-state index contributed by atoms with van der Waals surface area (Å²) >= 11 is 0. The highest BCUT2D eigenvalue weighted by atomic mass is 19.1. The van der Waals surface area contributed by atoms with Crippen molar-refractivity contribution in [1.29, 1.82) is 0 Å². The molecule has 3 amide bonds. The second-order valence-corrected chi connectivity index (χ2v) is 6.09. The smallest absolute Gasteiger partial charge is 0.255 e. The molecule has 2 aliphatic heterocycles. The van der Waals surface area contributed by atoms with Crippen molar-refractivity contribution in [2.24, 2.45) is 0 Å². The molecular formula is C16H17FN2O3. The summed E-state index contributed by atoms with van der Waals surface area (Å²) in [5.74, 6) is -1.50. The summed E-state index contributed by atoms with van der Waals surface area (Å²) in [6, 6.07) is 2.31. The van der Waals surface area contributed by atoms with Crippen molar-refractivity contribution >= 4 is 17.7 Å². The molecule has 2 heterocycles. The third-order valence-corrected chi connectivity index (χ3v) is 4.26. The van der Waals surface area contributed by atoms with Gasteiger partial charge in [0.25, 0.3) is 5.91 Å². The molecule has 1 aromatic carbocycles. The Hall–Kier alpha value is -2.24. The van der Waals surface area contributed by atoms with Crippen LogP contribution >= 0.6 is 0 Å². The molecule has 3 rings (SSSR count). The van der Waals surface area contributed by atoms with E-state index >= 15 is 0 Å². The van der Waals surface area contributed by atoms with E-state index < -0.39 is 17.8 Å². The fraction of sp³-hybridized carbons (Fsp3) is 0.438. The number of imide groups is 1. The molecule has 1 N–H and O–H groups in total. The lowest BCUT2D eigenvalue weighted by atomic mass is 9.98. The number of amides is 3. The van der Waals surface area contributed by atoms with Crippen LogP contribution in [0.15, 0.2) is 12.1 Å². The van der Waals surface area contributed by atoms with Gasteiger partial charge in [0.05, 0.1) is 0 Å². The van der Waals surface area contributed by atoms with Gasteiger partial charge >= 0.3 is 0 Å². The van der Waals surface area contributed by atoms with E-state index in [2.05, 4.69) is 5.32 Å². The molecule has 116 valence electrons. The molecule has 0 saturated carbocycles. The minimum Gasteiger partial charge on any atom is -0.322 e. The fourth-order valence-electron chi connectivity index (χ4n) is 3.05. The van der Waals surface area contributed by atoms with Crippen molar-refractivity contribution < 1.29 is 18.8 Å². The van der Waals surface area contributed by atoms with Crippen LogP contribution in [-0.2, 0) is 16.1 Å². The fourth-order valence-corrected chi connectivity index (χ4v) is 3.05. The molecule has 1 aromatic rings. The molecule has 0 bridgehead atoms. The number of halogens is 1. The Morgan fingerprint density at radius 1 is 1.27 bits per heavy atom. The number of carbonyl (C=O) groups excluding carboxylic acids is 3. The van der Waals surface area contributed by atoms with Crippen LogP contribution in [0.5, 0.6) is 0 Å². The summed E-state index contributed by atoms with van der Waals surface area (Å²) in [5.41, 5.74) is 1.61. The first-order valence-corrected chi connectivity index (χ1v) is 7.35. The average Bonchev–Trinajstić information content (AvgIpc) is 2.75. The third kappa shape index (κ3) is 2.28. The number of nitrogens with one attached hydrogen (secondary N) is 1. The van der Waals surface area contributed by atoms with E-state index in [4.69, 9.17) is 0 Å². The highest BCUT2D eigenvalue weighted by Gasteiger charge is 2.39. The maximum absolute atomic E-state index is 14.1. The zero-order chi connectivity index (χ0) is 16.0. The molecule has 0 aliphatic carbocycles. The van der Waals surface area contributed by atoms with Gasteiger partial charge in [0.1, 0.15) is 11.9 Å². The monoisotopic (exact) mass is 304 g/mol. The Balaban J connectivity index is 1.91. The number of rotatable bonds is 2. The standard InChI is InChI=1S/C16H17FN2O3/c1-8(2)10-5-9-7-19(16(22)11(9)6-12(10)17)13-3-4-14(20)18-15(13)21/h5-6,8,13H,3-4,7H2,1-2H3,(H,18,20,21)/t13-/m0/s1. The lowest BCUT2D eigenvalue weighted by Gasteiger charge is -2.29. The van der Waals surface area contributed by atoms with E-state index in [1.807, 2.05) is 13.8 Å². The van der Waals surface area contributed by atoms with Crippen LogP contribution in [0.4, 0.5) is 4.39 Å². The van der Waals surface area contributed by atoms with E-state index in [0.29, 0.717) is 17.5 Å². The minimum atomic E-state index is -0.664. The van der Waals surface area contributed by atoms with Crippen molar-refractivity contribution in [3.8, 4) is 0 Å². The third-order valence-electron chi connectivity index (χ3n) is 4.26. The van der Waals surface area contributed by atoms with Gasteiger partial charge in [0, 0.05) is 18.5 Å². The minimum absolute atomic E-state index is 0.0186. The second-order valence-electron chi connectivity index (χ2n) is 6.09. The molecule has 1 saturated heterocycles. The number of piperidine rings is 1. The molecular weight excluding hydrogens is 287 g/mol. The van der Waals surface area contributed by atoms with Crippen molar-refractivity contribution in [1.82, 2.24) is 10.2 Å². The predicted octanol–water partition coefficient (Wildman–Crippen LogP) is 1.71. The largest absolute Gasteiger partial charge is 0.322 e. The van der Waals surface area contributed by atoms with E-state index in [1.165, 1.54) is 11.0 Å². The Morgan fingerprint density at radius 2 is 2.00 bits per heavy atom. The number of benzene rings is 1. The van der Waals surface area contributed by atoms with Gasteiger partial charge in [-0.15, -0.1) is 0 Å². The van der Waals surface area contributed by atoms with Crippen molar-refractivity contribution in [2.75, 3.05) is 0 Å². The van der Waals surface area contributed by atoms with Crippen LogP contribution in [0, 0.1) is 5.82 Å². The summed E-state index contributed by atoms with van der Waals surface area (Å²) < 4.78 is 14.1. The van der Waals surface area contributed by atoms with Gasteiger partial charge in [0.2, 0.25) is 11.8 Å². The van der Waals surface area contributed by atoms with E-state index in [0.717, 1.165) is 5.56 Å². The van der Waals surface area contributed by atoms with Gasteiger partial charge in [-0.2, -0.15) is 0 Å². The zero-order valence-electron chi connectivity index (χ0n) is 12.5. The average molecular weight is 304 g/mol. The summed E-state index contributed by atoms with van der Waals surface area (Å²) in [4.78, 5) is 37.0. The van der Waals surface area contributed by atoms with Crippen LogP contribution in [-0.4, -0.2) is 28.7 Å². The maximum Gasteiger partial charge on any atom is 0.255 e. The molecule has 0 radical (unpaired) electrons. The van der Waals surface area contributed by atoms with Crippen LogP contribution in [0.3, 0.4) is 0 Å². The van der Waals surface area contributed by atoms with Crippen molar-refractivity contribution in [2.45, 2.75) is 45.2 Å². The Kier molecular flexibility index (Phi) is 3.47.